The quantitative estimate of drug-likeness (QED) is 0.320. The van der Waals surface area contributed by atoms with Gasteiger partial charge < -0.3 is 0 Å². The summed E-state index contributed by atoms with van der Waals surface area (Å²) in [6, 6.07) is 0. The van der Waals surface area contributed by atoms with Crippen molar-refractivity contribution in [1.82, 2.24) is 0 Å². The van der Waals surface area contributed by atoms with Crippen LogP contribution in [0.1, 0.15) is 0 Å². The molecule has 0 saturated heterocycles. The minimum Gasteiger partial charge on any atom is -0.138 e. The van der Waals surface area contributed by atoms with E-state index in [0.29, 0.717) is 0 Å². The van der Waals surface area contributed by atoms with E-state index in [1.807, 2.05) is 5.70 Å². The summed E-state index contributed by atoms with van der Waals surface area (Å²) in [5.74, 6) is 0. The summed E-state index contributed by atoms with van der Waals surface area (Å²) < 4.78 is 0. The van der Waals surface area contributed by atoms with Crippen LogP contribution in [0.5, 0.6) is 0 Å². The van der Waals surface area contributed by atoms with Crippen molar-refractivity contribution in [2.45, 2.75) is 6.55 Å². The van der Waals surface area contributed by atoms with Gasteiger partial charge in [0, 0.05) is 0 Å². The van der Waals surface area contributed by atoms with Gasteiger partial charge >= 0.3 is 0 Å². The molecular formula is C4H8Si. The Morgan fingerprint density at radius 1 is 2.00 bits per heavy atom. The van der Waals surface area contributed by atoms with Crippen molar-refractivity contribution in [3.8, 4) is 0 Å². The van der Waals surface area contributed by atoms with Crippen LogP contribution in [0.3, 0.4) is 0 Å². The van der Waals surface area contributed by atoms with Crippen molar-refractivity contribution in [2.75, 3.05) is 0 Å². The average Bonchev–Trinajstić information content (AvgIpc) is 1.41. The van der Waals surface area contributed by atoms with Crippen LogP contribution in [0.4, 0.5) is 0 Å². The fraction of sp³-hybridized carbons (Fsp3) is 0.250. The highest BCUT2D eigenvalue weighted by Gasteiger charge is 1.52. The van der Waals surface area contributed by atoms with E-state index in [0.717, 1.165) is 0 Å². The van der Waals surface area contributed by atoms with Crippen LogP contribution in [-0.4, -0.2) is 9.52 Å². The van der Waals surface area contributed by atoms with Gasteiger partial charge in [-0.05, 0) is 0 Å². The lowest BCUT2D eigenvalue weighted by molar-refractivity contribution is 2.23. The lowest BCUT2D eigenvalue weighted by atomic mass is 11.0. The van der Waals surface area contributed by atoms with Gasteiger partial charge in [0.15, 0.2) is 0 Å². The van der Waals surface area contributed by atoms with Crippen LogP contribution in [0, 0.1) is 0 Å². The van der Waals surface area contributed by atoms with Crippen molar-refractivity contribution < 1.29 is 0 Å². The van der Waals surface area contributed by atoms with Crippen molar-refractivity contribution in [2.24, 2.45) is 0 Å². The highest BCUT2D eigenvalue weighted by Crippen LogP contribution is 1.53. The highest BCUT2D eigenvalue weighted by molar-refractivity contribution is 6.40. The van der Waals surface area contributed by atoms with Crippen LogP contribution in [0.25, 0.3) is 0 Å². The molecule has 0 atom stereocenters. The number of hydrogen-bond acceptors (Lipinski definition) is 0. The Morgan fingerprint density at radius 2 is 2.60 bits per heavy atom. The first-order valence-electron chi connectivity index (χ1n) is 1.76. The van der Waals surface area contributed by atoms with E-state index >= 15 is 0 Å². The third kappa shape index (κ3) is 3.74. The molecule has 0 amide bonds. The van der Waals surface area contributed by atoms with Crippen molar-refractivity contribution in [1.29, 1.82) is 0 Å². The molecule has 0 aromatic heterocycles. The van der Waals surface area contributed by atoms with E-state index in [-0.39, 0.29) is 9.52 Å². The summed E-state index contributed by atoms with van der Waals surface area (Å²) >= 11 is 0. The predicted molar refractivity (Wildman–Crippen MR) is 28.1 cm³/mol. The summed E-state index contributed by atoms with van der Waals surface area (Å²) in [5.41, 5.74) is 4.73. The Labute approximate surface area is 35.0 Å². The second kappa shape index (κ2) is 3.74. The molecule has 0 bridgehead atoms. The molecular weight excluding hydrogens is 76.1 g/mol. The van der Waals surface area contributed by atoms with Gasteiger partial charge in [-0.2, -0.15) is 0 Å². The second-order valence-corrected chi connectivity index (χ2v) is 2.04. The van der Waals surface area contributed by atoms with E-state index in [2.05, 4.69) is 18.9 Å². The highest BCUT2D eigenvalue weighted by atomic mass is 28.2. The number of hydrogen-bond donors (Lipinski definition) is 0. The van der Waals surface area contributed by atoms with Crippen LogP contribution >= 0.6 is 0 Å². The van der Waals surface area contributed by atoms with E-state index in [1.54, 1.807) is 0 Å². The third-order valence-corrected chi connectivity index (χ3v) is 1.05. The monoisotopic (exact) mass is 84.0 g/mol. The van der Waals surface area contributed by atoms with Gasteiger partial charge in [-0.3, -0.25) is 0 Å². The lowest BCUT2D eigenvalue weighted by Crippen LogP contribution is -1.62. The summed E-state index contributed by atoms with van der Waals surface area (Å²) in [7, 11) is 0.115. The zero-order valence-electron chi connectivity index (χ0n) is 3.49. The standard InChI is InChI=1S/C4H8Si/c1-3-4-5-2/h4H,1,5H2,2H3. The molecule has 0 nitrogen and oxygen atoms in total. The maximum absolute atomic E-state index is 3.40. The van der Waals surface area contributed by atoms with Gasteiger partial charge in [-0.1, -0.05) is 18.8 Å². The van der Waals surface area contributed by atoms with Gasteiger partial charge in [0.1, 0.15) is 0 Å². The SMILES string of the molecule is C=C=C[SiH2]C. The zero-order chi connectivity index (χ0) is 4.12. The molecule has 0 rings (SSSR count). The molecule has 1 heteroatoms. The third-order valence-electron chi connectivity index (χ3n) is 0.348. The van der Waals surface area contributed by atoms with Gasteiger partial charge in [0.25, 0.3) is 0 Å². The fourth-order valence-corrected chi connectivity index (χ4v) is 0.433. The zero-order valence-corrected chi connectivity index (χ0v) is 4.91. The van der Waals surface area contributed by atoms with E-state index in [1.165, 1.54) is 0 Å². The van der Waals surface area contributed by atoms with Gasteiger partial charge in [-0.25, -0.2) is 0 Å². The Morgan fingerprint density at radius 3 is 2.60 bits per heavy atom. The van der Waals surface area contributed by atoms with E-state index in [9.17, 15) is 0 Å². The Hall–Kier alpha value is -0.263. The first-order chi connectivity index (χ1) is 2.41. The van der Waals surface area contributed by atoms with Crippen molar-refractivity contribution in [3.05, 3.63) is 18.0 Å². The molecule has 0 fully saturated rings. The van der Waals surface area contributed by atoms with Crippen LogP contribution in [0.2, 0.25) is 6.55 Å². The predicted octanol–water partition coefficient (Wildman–Crippen LogP) is 0.502. The van der Waals surface area contributed by atoms with Gasteiger partial charge in [-0.15, -0.1) is 5.73 Å². The van der Waals surface area contributed by atoms with Crippen LogP contribution in [-0.2, 0) is 0 Å². The molecule has 0 N–H and O–H groups in total. The molecule has 0 aliphatic rings. The largest absolute Gasteiger partial charge is 0.138 e. The summed E-state index contributed by atoms with van der Waals surface area (Å²) in [5, 5.41) is 0. The van der Waals surface area contributed by atoms with Crippen LogP contribution < -0.4 is 0 Å². The smallest absolute Gasteiger partial charge is 0.0522 e. The van der Waals surface area contributed by atoms with E-state index < -0.39 is 0 Å². The molecule has 0 aromatic carbocycles. The summed E-state index contributed by atoms with van der Waals surface area (Å²) in [6.45, 7) is 5.60. The maximum Gasteiger partial charge on any atom is 0.0522 e. The maximum atomic E-state index is 3.40. The van der Waals surface area contributed by atoms with Crippen molar-refractivity contribution in [3.63, 3.8) is 0 Å². The second-order valence-electron chi connectivity index (χ2n) is 0.816. The normalized spacial score (nSPS) is 8.20. The lowest BCUT2D eigenvalue weighted by Gasteiger charge is -1.57. The molecule has 0 radical (unpaired) electrons. The molecule has 5 heavy (non-hydrogen) atoms. The first-order valence-corrected chi connectivity index (χ1v) is 3.99. The molecule has 0 saturated carbocycles. The summed E-state index contributed by atoms with van der Waals surface area (Å²) in [4.78, 5) is 0. The van der Waals surface area contributed by atoms with Gasteiger partial charge in [0.2, 0.25) is 0 Å². The molecule has 28 valence electrons. The molecule has 0 aliphatic carbocycles. The molecule has 0 heterocycles. The molecule has 0 spiro atoms. The Kier molecular flexibility index (Phi) is 3.54. The minimum atomic E-state index is 0.115. The fourth-order valence-electron chi connectivity index (χ4n) is 0.144. The van der Waals surface area contributed by atoms with Gasteiger partial charge in [0.05, 0.1) is 9.52 Å². The number of rotatable bonds is 1. The molecule has 0 aliphatic heterocycles. The Balaban J connectivity index is 2.93. The topological polar surface area (TPSA) is 0 Å². The van der Waals surface area contributed by atoms with Crippen molar-refractivity contribution >= 4 is 9.52 Å². The minimum absolute atomic E-state index is 0.115. The first kappa shape index (κ1) is 4.74. The summed E-state index contributed by atoms with van der Waals surface area (Å²) in [6.07, 6.45) is 0. The molecule has 0 aromatic rings. The van der Waals surface area contributed by atoms with Crippen LogP contribution in [0.15, 0.2) is 18.0 Å². The Bertz CT molecular complexity index is 50.7. The average molecular weight is 84.2 g/mol. The molecule has 0 unspecified atom stereocenters. The van der Waals surface area contributed by atoms with E-state index in [4.69, 9.17) is 0 Å².